The molecule has 1 atom stereocenters. The Morgan fingerprint density at radius 2 is 1.86 bits per heavy atom. The minimum absolute atomic E-state index is 0.0836. The van der Waals surface area contributed by atoms with Crippen molar-refractivity contribution in [2.24, 2.45) is 0 Å². The Hall–Kier alpha value is -3.19. The topological polar surface area (TPSA) is 80.3 Å². The van der Waals surface area contributed by atoms with Gasteiger partial charge in [-0.05, 0) is 48.2 Å². The SMILES string of the molecule is CC[C@@H](C)c1ccccc1OCC(=O)Nc1ccc(C(=O)Nc2nccs2)cc1. The number of aromatic nitrogens is 1. The molecule has 0 radical (unpaired) electrons. The van der Waals surface area contributed by atoms with Crippen molar-refractivity contribution >= 4 is 34.0 Å². The van der Waals surface area contributed by atoms with Gasteiger partial charge in [0.25, 0.3) is 11.8 Å². The molecule has 2 amide bonds. The Kier molecular flexibility index (Phi) is 6.97. The summed E-state index contributed by atoms with van der Waals surface area (Å²) in [6, 6.07) is 14.4. The first-order chi connectivity index (χ1) is 14.1. The van der Waals surface area contributed by atoms with E-state index in [1.54, 1.807) is 35.8 Å². The summed E-state index contributed by atoms with van der Waals surface area (Å²) in [5.74, 6) is 0.579. The molecule has 3 rings (SSSR count). The molecule has 6 nitrogen and oxygen atoms in total. The fourth-order valence-corrected chi connectivity index (χ4v) is 3.26. The van der Waals surface area contributed by atoms with E-state index in [0.717, 1.165) is 17.7 Å². The van der Waals surface area contributed by atoms with Crippen molar-refractivity contribution in [3.05, 3.63) is 71.2 Å². The largest absolute Gasteiger partial charge is 0.483 e. The molecule has 0 aliphatic rings. The van der Waals surface area contributed by atoms with Crippen LogP contribution in [0.2, 0.25) is 0 Å². The number of nitrogens with zero attached hydrogens (tertiary/aromatic N) is 1. The lowest BCUT2D eigenvalue weighted by Gasteiger charge is -2.15. The zero-order valence-corrected chi connectivity index (χ0v) is 17.2. The molecule has 0 aliphatic heterocycles. The van der Waals surface area contributed by atoms with Crippen molar-refractivity contribution in [2.45, 2.75) is 26.2 Å². The standard InChI is InChI=1S/C22H23N3O3S/c1-3-15(2)18-6-4-5-7-19(18)28-14-20(26)24-17-10-8-16(9-11-17)21(27)25-22-23-12-13-29-22/h4-13,15H,3,14H2,1-2H3,(H,24,26)(H,23,25,27)/t15-/m1/s1. The molecule has 0 spiro atoms. The van der Waals surface area contributed by atoms with Crippen molar-refractivity contribution in [1.82, 2.24) is 4.98 Å². The summed E-state index contributed by atoms with van der Waals surface area (Å²) < 4.78 is 5.73. The van der Waals surface area contributed by atoms with Crippen LogP contribution < -0.4 is 15.4 Å². The number of carbonyl (C=O) groups excluding carboxylic acids is 2. The van der Waals surface area contributed by atoms with Gasteiger partial charge in [0.1, 0.15) is 5.75 Å². The lowest BCUT2D eigenvalue weighted by atomic mass is 9.98. The summed E-state index contributed by atoms with van der Waals surface area (Å²) in [7, 11) is 0. The van der Waals surface area contributed by atoms with Gasteiger partial charge in [0.05, 0.1) is 0 Å². The van der Waals surface area contributed by atoms with Gasteiger partial charge in [0.2, 0.25) is 0 Å². The zero-order valence-electron chi connectivity index (χ0n) is 16.3. The van der Waals surface area contributed by atoms with Gasteiger partial charge >= 0.3 is 0 Å². The van der Waals surface area contributed by atoms with Crippen LogP contribution in [-0.2, 0) is 4.79 Å². The summed E-state index contributed by atoms with van der Waals surface area (Å²) in [4.78, 5) is 28.4. The Morgan fingerprint density at radius 1 is 1.10 bits per heavy atom. The third kappa shape index (κ3) is 5.65. The van der Waals surface area contributed by atoms with Crippen molar-refractivity contribution in [3.63, 3.8) is 0 Å². The number of para-hydroxylation sites is 1. The monoisotopic (exact) mass is 409 g/mol. The predicted octanol–water partition coefficient (Wildman–Crippen LogP) is 4.93. The zero-order chi connectivity index (χ0) is 20.6. The van der Waals surface area contributed by atoms with Crippen LogP contribution >= 0.6 is 11.3 Å². The number of benzene rings is 2. The number of rotatable bonds is 8. The molecule has 2 aromatic carbocycles. The van der Waals surface area contributed by atoms with Crippen LogP contribution in [-0.4, -0.2) is 23.4 Å². The molecule has 0 bridgehead atoms. The summed E-state index contributed by atoms with van der Waals surface area (Å²) in [5, 5.41) is 7.83. The maximum Gasteiger partial charge on any atom is 0.262 e. The number of ether oxygens (including phenoxy) is 1. The van der Waals surface area contributed by atoms with Gasteiger partial charge in [0, 0.05) is 22.8 Å². The molecule has 0 saturated carbocycles. The predicted molar refractivity (Wildman–Crippen MR) is 116 cm³/mol. The van der Waals surface area contributed by atoms with Crippen LogP contribution in [0, 0.1) is 0 Å². The van der Waals surface area contributed by atoms with Crippen molar-refractivity contribution in [1.29, 1.82) is 0 Å². The number of carbonyl (C=O) groups is 2. The van der Waals surface area contributed by atoms with Gasteiger partial charge in [0.15, 0.2) is 11.7 Å². The van der Waals surface area contributed by atoms with Gasteiger partial charge in [-0.15, -0.1) is 11.3 Å². The summed E-state index contributed by atoms with van der Waals surface area (Å²) in [6.07, 6.45) is 2.62. The highest BCUT2D eigenvalue weighted by Gasteiger charge is 2.12. The highest BCUT2D eigenvalue weighted by Crippen LogP contribution is 2.28. The maximum absolute atomic E-state index is 12.2. The van der Waals surface area contributed by atoms with E-state index < -0.39 is 0 Å². The summed E-state index contributed by atoms with van der Waals surface area (Å²) in [5.41, 5.74) is 2.18. The van der Waals surface area contributed by atoms with Crippen LogP contribution in [0.1, 0.15) is 42.1 Å². The molecule has 29 heavy (non-hydrogen) atoms. The average Bonchev–Trinajstić information content (AvgIpc) is 3.25. The number of nitrogens with one attached hydrogen (secondary N) is 2. The molecule has 1 heterocycles. The molecule has 7 heteroatoms. The first-order valence-corrected chi connectivity index (χ1v) is 10.3. The Bertz CT molecular complexity index is 956. The molecular formula is C22H23N3O3S. The molecular weight excluding hydrogens is 386 g/mol. The summed E-state index contributed by atoms with van der Waals surface area (Å²) in [6.45, 7) is 4.17. The van der Waals surface area contributed by atoms with Crippen LogP contribution in [0.3, 0.4) is 0 Å². The fourth-order valence-electron chi connectivity index (χ4n) is 2.74. The molecule has 0 aliphatic carbocycles. The highest BCUT2D eigenvalue weighted by atomic mass is 32.1. The van der Waals surface area contributed by atoms with E-state index >= 15 is 0 Å². The van der Waals surface area contributed by atoms with Gasteiger partial charge in [-0.3, -0.25) is 14.9 Å². The molecule has 1 aromatic heterocycles. The first kappa shape index (κ1) is 20.5. The van der Waals surface area contributed by atoms with Crippen LogP contribution in [0.25, 0.3) is 0 Å². The van der Waals surface area contributed by atoms with E-state index in [0.29, 0.717) is 22.3 Å². The van der Waals surface area contributed by atoms with Crippen molar-refractivity contribution < 1.29 is 14.3 Å². The number of anilines is 2. The second kappa shape index (κ2) is 9.84. The van der Waals surface area contributed by atoms with Gasteiger partial charge < -0.3 is 10.1 Å². The normalized spacial score (nSPS) is 11.5. The molecule has 0 saturated heterocycles. The molecule has 150 valence electrons. The van der Waals surface area contributed by atoms with E-state index in [9.17, 15) is 9.59 Å². The van der Waals surface area contributed by atoms with E-state index in [2.05, 4.69) is 29.5 Å². The van der Waals surface area contributed by atoms with E-state index in [1.807, 2.05) is 24.3 Å². The van der Waals surface area contributed by atoms with Crippen LogP contribution in [0.5, 0.6) is 5.75 Å². The van der Waals surface area contributed by atoms with Gasteiger partial charge in [-0.1, -0.05) is 32.0 Å². The molecule has 2 N–H and O–H groups in total. The second-order valence-corrected chi connectivity index (χ2v) is 7.45. The third-order valence-electron chi connectivity index (χ3n) is 4.50. The highest BCUT2D eigenvalue weighted by molar-refractivity contribution is 7.13. The Morgan fingerprint density at radius 3 is 2.55 bits per heavy atom. The molecule has 0 unspecified atom stereocenters. The van der Waals surface area contributed by atoms with E-state index in [-0.39, 0.29) is 18.4 Å². The van der Waals surface area contributed by atoms with Gasteiger partial charge in [-0.25, -0.2) is 4.98 Å². The van der Waals surface area contributed by atoms with E-state index in [1.165, 1.54) is 11.3 Å². The van der Waals surface area contributed by atoms with Crippen LogP contribution in [0.4, 0.5) is 10.8 Å². The average molecular weight is 410 g/mol. The number of hydrogen-bond acceptors (Lipinski definition) is 5. The maximum atomic E-state index is 12.2. The lowest BCUT2D eigenvalue weighted by molar-refractivity contribution is -0.118. The van der Waals surface area contributed by atoms with Crippen LogP contribution in [0.15, 0.2) is 60.1 Å². The Labute approximate surface area is 173 Å². The number of amides is 2. The lowest BCUT2D eigenvalue weighted by Crippen LogP contribution is -2.20. The Balaban J connectivity index is 1.54. The smallest absolute Gasteiger partial charge is 0.262 e. The van der Waals surface area contributed by atoms with Crippen molar-refractivity contribution in [3.8, 4) is 5.75 Å². The quantitative estimate of drug-likeness (QED) is 0.553. The molecule has 3 aromatic rings. The summed E-state index contributed by atoms with van der Waals surface area (Å²) >= 11 is 1.35. The minimum Gasteiger partial charge on any atom is -0.483 e. The van der Waals surface area contributed by atoms with Crippen molar-refractivity contribution in [2.75, 3.05) is 17.2 Å². The first-order valence-electron chi connectivity index (χ1n) is 9.39. The minimum atomic E-state index is -0.260. The second-order valence-electron chi connectivity index (χ2n) is 6.55. The third-order valence-corrected chi connectivity index (χ3v) is 5.19. The molecule has 0 fully saturated rings. The number of thiazole rings is 1. The van der Waals surface area contributed by atoms with Gasteiger partial charge in [-0.2, -0.15) is 0 Å². The van der Waals surface area contributed by atoms with E-state index in [4.69, 9.17) is 4.74 Å². The fraction of sp³-hybridized carbons (Fsp3) is 0.227. The number of hydrogen-bond donors (Lipinski definition) is 2.